The van der Waals surface area contributed by atoms with Crippen molar-refractivity contribution in [2.45, 2.75) is 26.0 Å². The molecule has 1 atom stereocenters. The van der Waals surface area contributed by atoms with Crippen molar-refractivity contribution in [1.82, 2.24) is 15.5 Å². The van der Waals surface area contributed by atoms with Crippen LogP contribution in [0.3, 0.4) is 0 Å². The zero-order valence-corrected chi connectivity index (χ0v) is 11.6. The molecular formula is C12H22N4O3. The van der Waals surface area contributed by atoms with E-state index in [-0.39, 0.29) is 6.10 Å². The van der Waals surface area contributed by atoms with Crippen LogP contribution in [0.4, 0.5) is 6.01 Å². The van der Waals surface area contributed by atoms with E-state index in [4.69, 9.17) is 13.9 Å². The number of hydrogen-bond donors (Lipinski definition) is 1. The molecule has 2 heterocycles. The molecular weight excluding hydrogens is 248 g/mol. The van der Waals surface area contributed by atoms with Crippen LogP contribution in [0.5, 0.6) is 0 Å². The van der Waals surface area contributed by atoms with Gasteiger partial charge in [-0.3, -0.25) is 0 Å². The predicted molar refractivity (Wildman–Crippen MR) is 70.1 cm³/mol. The van der Waals surface area contributed by atoms with Crippen molar-refractivity contribution in [3.8, 4) is 0 Å². The van der Waals surface area contributed by atoms with Crippen LogP contribution >= 0.6 is 0 Å². The lowest BCUT2D eigenvalue weighted by atomic mass is 10.3. The van der Waals surface area contributed by atoms with E-state index in [1.54, 1.807) is 7.11 Å². The van der Waals surface area contributed by atoms with Gasteiger partial charge in [0, 0.05) is 33.4 Å². The quantitative estimate of drug-likeness (QED) is 0.751. The number of aromatic nitrogens is 2. The fraction of sp³-hybridized carbons (Fsp3) is 0.833. The van der Waals surface area contributed by atoms with Crippen molar-refractivity contribution in [2.75, 3.05) is 44.9 Å². The average molecular weight is 270 g/mol. The van der Waals surface area contributed by atoms with Crippen LogP contribution in [-0.4, -0.2) is 56.3 Å². The first kappa shape index (κ1) is 14.2. The lowest BCUT2D eigenvalue weighted by Crippen LogP contribution is -2.30. The summed E-state index contributed by atoms with van der Waals surface area (Å²) < 4.78 is 16.2. The summed E-state index contributed by atoms with van der Waals surface area (Å²) in [6.07, 6.45) is 1.17. The first-order valence-corrected chi connectivity index (χ1v) is 6.68. The minimum Gasteiger partial charge on any atom is -0.407 e. The number of methoxy groups -OCH3 is 1. The number of ether oxygens (including phenoxy) is 2. The Morgan fingerprint density at radius 3 is 3.21 bits per heavy atom. The molecule has 2 rings (SSSR count). The number of nitrogens with one attached hydrogen (secondary N) is 1. The Hall–Kier alpha value is -1.18. The molecule has 0 amide bonds. The second-order valence-electron chi connectivity index (χ2n) is 4.63. The molecule has 1 aromatic heterocycles. The van der Waals surface area contributed by atoms with Gasteiger partial charge in [0.05, 0.1) is 19.3 Å². The molecule has 1 aliphatic heterocycles. The molecule has 0 spiro atoms. The zero-order valence-electron chi connectivity index (χ0n) is 11.6. The van der Waals surface area contributed by atoms with Crippen molar-refractivity contribution < 1.29 is 13.9 Å². The lowest BCUT2D eigenvalue weighted by molar-refractivity contribution is 0.0818. The van der Waals surface area contributed by atoms with Gasteiger partial charge in [-0.15, -0.1) is 5.10 Å². The molecule has 1 N–H and O–H groups in total. The van der Waals surface area contributed by atoms with E-state index in [0.29, 0.717) is 25.1 Å². The molecule has 108 valence electrons. The summed E-state index contributed by atoms with van der Waals surface area (Å²) in [6, 6.07) is 0.584. The van der Waals surface area contributed by atoms with Crippen molar-refractivity contribution in [3.63, 3.8) is 0 Å². The molecule has 1 saturated heterocycles. The molecule has 0 saturated carbocycles. The Morgan fingerprint density at radius 2 is 2.37 bits per heavy atom. The van der Waals surface area contributed by atoms with Gasteiger partial charge in [0.2, 0.25) is 5.89 Å². The van der Waals surface area contributed by atoms with Crippen LogP contribution in [-0.2, 0) is 16.0 Å². The van der Waals surface area contributed by atoms with Gasteiger partial charge in [0.25, 0.3) is 0 Å². The Bertz CT molecular complexity index is 372. The predicted octanol–water partition coefficient (Wildman–Crippen LogP) is 0.421. The highest BCUT2D eigenvalue weighted by Crippen LogP contribution is 2.16. The summed E-state index contributed by atoms with van der Waals surface area (Å²) >= 11 is 0. The second kappa shape index (κ2) is 7.42. The van der Waals surface area contributed by atoms with Gasteiger partial charge in [-0.1, -0.05) is 5.10 Å². The number of nitrogens with zero attached hydrogens (tertiary/aromatic N) is 3. The second-order valence-corrected chi connectivity index (χ2v) is 4.63. The Labute approximate surface area is 113 Å². The molecule has 7 nitrogen and oxygen atoms in total. The molecule has 0 radical (unpaired) electrons. The van der Waals surface area contributed by atoms with Crippen molar-refractivity contribution >= 4 is 6.01 Å². The van der Waals surface area contributed by atoms with Gasteiger partial charge in [-0.25, -0.2) is 0 Å². The van der Waals surface area contributed by atoms with Crippen LogP contribution in [0.15, 0.2) is 4.42 Å². The smallest absolute Gasteiger partial charge is 0.318 e. The molecule has 0 aromatic carbocycles. The highest BCUT2D eigenvalue weighted by Gasteiger charge is 2.19. The molecule has 7 heteroatoms. The number of hydrogen-bond acceptors (Lipinski definition) is 7. The Balaban J connectivity index is 1.85. The topological polar surface area (TPSA) is 72.7 Å². The maximum absolute atomic E-state index is 5.65. The average Bonchev–Trinajstić information content (AvgIpc) is 2.77. The maximum Gasteiger partial charge on any atom is 0.318 e. The van der Waals surface area contributed by atoms with Gasteiger partial charge in [0.1, 0.15) is 0 Å². The summed E-state index contributed by atoms with van der Waals surface area (Å²) in [7, 11) is 1.68. The van der Waals surface area contributed by atoms with Crippen LogP contribution in [0, 0.1) is 0 Å². The summed E-state index contributed by atoms with van der Waals surface area (Å²) in [4.78, 5) is 2.09. The van der Waals surface area contributed by atoms with Gasteiger partial charge < -0.3 is 24.1 Å². The van der Waals surface area contributed by atoms with Crippen LogP contribution in [0.2, 0.25) is 0 Å². The third-order valence-electron chi connectivity index (χ3n) is 2.94. The molecule has 1 aliphatic rings. The Kier molecular flexibility index (Phi) is 5.56. The first-order valence-electron chi connectivity index (χ1n) is 6.68. The van der Waals surface area contributed by atoms with E-state index >= 15 is 0 Å². The highest BCUT2D eigenvalue weighted by molar-refractivity contribution is 5.24. The summed E-state index contributed by atoms with van der Waals surface area (Å²) in [5.41, 5.74) is 0. The van der Waals surface area contributed by atoms with Gasteiger partial charge in [-0.2, -0.15) is 0 Å². The van der Waals surface area contributed by atoms with Crippen molar-refractivity contribution in [2.24, 2.45) is 0 Å². The minimum atomic E-state index is 0.192. The van der Waals surface area contributed by atoms with E-state index < -0.39 is 0 Å². The van der Waals surface area contributed by atoms with Crippen molar-refractivity contribution in [3.05, 3.63) is 5.89 Å². The van der Waals surface area contributed by atoms with E-state index in [2.05, 4.69) is 27.3 Å². The standard InChI is InChI=1S/C12H22N4O3/c1-10-9-16(5-3-6-18-10)12-15-14-11(19-12)8-13-4-7-17-2/h10,13H,3-9H2,1-2H3. The highest BCUT2D eigenvalue weighted by atomic mass is 16.5. The molecule has 1 unspecified atom stereocenters. The molecule has 0 aliphatic carbocycles. The van der Waals surface area contributed by atoms with Crippen LogP contribution in [0.1, 0.15) is 19.2 Å². The maximum atomic E-state index is 5.65. The summed E-state index contributed by atoms with van der Waals surface area (Å²) in [5, 5.41) is 11.3. The Morgan fingerprint density at radius 1 is 1.47 bits per heavy atom. The SMILES string of the molecule is COCCNCc1nnc(N2CCCOC(C)C2)o1. The van der Waals surface area contributed by atoms with E-state index in [9.17, 15) is 0 Å². The van der Waals surface area contributed by atoms with Crippen LogP contribution in [0.25, 0.3) is 0 Å². The first-order chi connectivity index (χ1) is 9.29. The third-order valence-corrected chi connectivity index (χ3v) is 2.94. The van der Waals surface area contributed by atoms with E-state index in [1.807, 2.05) is 0 Å². The normalized spacial score (nSPS) is 20.5. The lowest BCUT2D eigenvalue weighted by Gasteiger charge is -2.18. The largest absolute Gasteiger partial charge is 0.407 e. The molecule has 1 aromatic rings. The zero-order chi connectivity index (χ0) is 13.5. The van der Waals surface area contributed by atoms with Crippen LogP contribution < -0.4 is 10.2 Å². The molecule has 19 heavy (non-hydrogen) atoms. The summed E-state index contributed by atoms with van der Waals surface area (Å²) in [6.45, 7) is 6.53. The fourth-order valence-electron chi connectivity index (χ4n) is 1.98. The minimum absolute atomic E-state index is 0.192. The van der Waals surface area contributed by atoms with E-state index in [0.717, 1.165) is 32.7 Å². The fourth-order valence-corrected chi connectivity index (χ4v) is 1.98. The summed E-state index contributed by atoms with van der Waals surface area (Å²) in [5.74, 6) is 0.601. The third kappa shape index (κ3) is 4.45. The molecule has 0 bridgehead atoms. The number of anilines is 1. The van der Waals surface area contributed by atoms with Crippen molar-refractivity contribution in [1.29, 1.82) is 0 Å². The monoisotopic (exact) mass is 270 g/mol. The number of rotatable bonds is 6. The molecule has 1 fully saturated rings. The van der Waals surface area contributed by atoms with Gasteiger partial charge in [-0.05, 0) is 13.3 Å². The van der Waals surface area contributed by atoms with Gasteiger partial charge >= 0.3 is 6.01 Å². The van der Waals surface area contributed by atoms with Gasteiger partial charge in [0.15, 0.2) is 0 Å². The van der Waals surface area contributed by atoms with E-state index in [1.165, 1.54) is 0 Å².